The molecule has 12 nitrogen and oxygen atoms in total. The fraction of sp³-hybridized carbons (Fsp3) is 0.441. The number of phenols is 3. The van der Waals surface area contributed by atoms with Crippen LogP contribution in [0.5, 0.6) is 23.0 Å². The highest BCUT2D eigenvalue weighted by Gasteiger charge is 2.58. The zero-order valence-corrected chi connectivity index (χ0v) is 46.2. The number of rotatable bonds is 10. The Morgan fingerprint density at radius 3 is 2.54 bits per heavy atom. The number of aliphatic hydroxyl groups excluding tert-OH is 2. The van der Waals surface area contributed by atoms with Gasteiger partial charge in [0, 0.05) is 71.7 Å². The third kappa shape index (κ3) is 11.0. The van der Waals surface area contributed by atoms with Crippen molar-refractivity contribution < 1.29 is 44.5 Å². The number of hydrogen-bond donors (Lipinski definition) is 7. The van der Waals surface area contributed by atoms with Gasteiger partial charge in [0.05, 0.1) is 37.8 Å². The van der Waals surface area contributed by atoms with Gasteiger partial charge >= 0.3 is 0 Å². The number of methoxy groups -OCH3 is 1. The predicted molar refractivity (Wildman–Crippen MR) is 310 cm³/mol. The molecule has 6 aliphatic rings. The minimum atomic E-state index is -0.700. The molecular formula is C68H77N3O9. The summed E-state index contributed by atoms with van der Waals surface area (Å²) < 4.78 is 28.7. The fourth-order valence-electron chi connectivity index (χ4n) is 14.6. The van der Waals surface area contributed by atoms with Crippen LogP contribution < -0.4 is 15.4 Å². The first kappa shape index (κ1) is 54.0. The molecule has 6 unspecified atom stereocenters. The highest BCUT2D eigenvalue weighted by atomic mass is 16.5. The molecule has 1 spiro atoms. The van der Waals surface area contributed by atoms with Crippen LogP contribution >= 0.6 is 0 Å². The number of nitrogens with one attached hydrogen (secondary N) is 2. The van der Waals surface area contributed by atoms with E-state index in [-0.39, 0.29) is 72.2 Å². The average Bonchev–Trinajstić information content (AvgIpc) is 4.04. The molecule has 0 radical (unpaired) electrons. The second-order valence-corrected chi connectivity index (χ2v) is 23.6. The van der Waals surface area contributed by atoms with Crippen LogP contribution in [-0.2, 0) is 58.5 Å². The van der Waals surface area contributed by atoms with Crippen LogP contribution in [0.1, 0.15) is 134 Å². The van der Waals surface area contributed by atoms with Crippen molar-refractivity contribution in [2.45, 2.75) is 152 Å². The van der Waals surface area contributed by atoms with E-state index in [9.17, 15) is 25.5 Å². The van der Waals surface area contributed by atoms with Crippen molar-refractivity contribution in [2.75, 3.05) is 27.1 Å². The van der Waals surface area contributed by atoms with Crippen molar-refractivity contribution in [3.63, 3.8) is 0 Å². The number of aromatic nitrogens is 1. The maximum Gasteiger partial charge on any atom is 0.161 e. The van der Waals surface area contributed by atoms with Gasteiger partial charge in [0.25, 0.3) is 0 Å². The Kier molecular flexibility index (Phi) is 15.9. The Morgan fingerprint density at radius 1 is 0.800 bits per heavy atom. The van der Waals surface area contributed by atoms with Crippen LogP contribution in [0, 0.1) is 23.7 Å². The molecule has 12 heteroatoms. The second kappa shape index (κ2) is 23.5. The van der Waals surface area contributed by atoms with E-state index in [1.807, 2.05) is 24.3 Å². The number of hydrogen-bond acceptors (Lipinski definition) is 11. The quantitative estimate of drug-likeness (QED) is 0.0515. The van der Waals surface area contributed by atoms with Gasteiger partial charge in [-0.15, -0.1) is 0 Å². The van der Waals surface area contributed by atoms with E-state index < -0.39 is 6.10 Å². The largest absolute Gasteiger partial charge is 0.508 e. The van der Waals surface area contributed by atoms with Crippen molar-refractivity contribution >= 4 is 16.6 Å². The number of dihydropyridines is 1. The lowest BCUT2D eigenvalue weighted by molar-refractivity contribution is -0.166. The number of aromatic hydroxyl groups is 3. The van der Waals surface area contributed by atoms with Gasteiger partial charge in [-0.2, -0.15) is 0 Å². The first-order valence-corrected chi connectivity index (χ1v) is 29.4. The predicted octanol–water partition coefficient (Wildman–Crippen LogP) is 11.1. The van der Waals surface area contributed by atoms with E-state index in [4.69, 9.17) is 18.9 Å². The summed E-state index contributed by atoms with van der Waals surface area (Å²) in [5.74, 6) is 9.38. The number of phenolic OH excluding ortho intramolecular Hbond substituents is 3. The van der Waals surface area contributed by atoms with Crippen molar-refractivity contribution in [1.29, 1.82) is 0 Å². The molecular weight excluding hydrogens is 1000 g/mol. The zero-order valence-electron chi connectivity index (χ0n) is 46.2. The topological polar surface area (TPSA) is 167 Å². The van der Waals surface area contributed by atoms with Crippen molar-refractivity contribution in [1.82, 2.24) is 15.2 Å². The number of benzene rings is 5. The minimum Gasteiger partial charge on any atom is -0.508 e. The SMILES string of the molecule is COCNC1C=C2C#CC(CCc3ccc(O)c(Cc4cccc(O)c4)c3)CCCC3CC(O)CCc4cc(c(O)cc4CO)OCc4cc(C56CCOC7(CCCCC7)C5CCc5ccccc56)cc5cn(cc45)C(=C2CO3)N1. The van der Waals surface area contributed by atoms with Crippen molar-refractivity contribution in [2.24, 2.45) is 11.8 Å². The maximum atomic E-state index is 11.9. The van der Waals surface area contributed by atoms with Gasteiger partial charge in [0.2, 0.25) is 0 Å². The van der Waals surface area contributed by atoms with Gasteiger partial charge in [0.15, 0.2) is 11.5 Å². The summed E-state index contributed by atoms with van der Waals surface area (Å²) in [4.78, 5) is 0. The molecule has 12 rings (SSSR count). The summed E-state index contributed by atoms with van der Waals surface area (Å²) in [7, 11) is 1.68. The lowest BCUT2D eigenvalue weighted by Gasteiger charge is -2.59. The van der Waals surface area contributed by atoms with Gasteiger partial charge in [-0.05, 0) is 176 Å². The lowest BCUT2D eigenvalue weighted by atomic mass is 9.51. The molecule has 1 saturated heterocycles. The highest BCUT2D eigenvalue weighted by Crippen LogP contribution is 2.59. The molecule has 1 saturated carbocycles. The number of ether oxygens (including phenoxy) is 4. The summed E-state index contributed by atoms with van der Waals surface area (Å²) >= 11 is 0. The summed E-state index contributed by atoms with van der Waals surface area (Å²) in [6.45, 7) is 1.17. The molecule has 5 heterocycles. The monoisotopic (exact) mass is 1080 g/mol. The van der Waals surface area contributed by atoms with Gasteiger partial charge in [-0.25, -0.2) is 0 Å². The van der Waals surface area contributed by atoms with Crippen LogP contribution in [-0.4, -0.2) is 81.1 Å². The van der Waals surface area contributed by atoms with Crippen molar-refractivity contribution in [3.05, 3.63) is 171 Å². The smallest absolute Gasteiger partial charge is 0.161 e. The molecule has 7 N–H and O–H groups in total. The molecule has 5 aromatic carbocycles. The van der Waals surface area contributed by atoms with Crippen LogP contribution in [0.3, 0.4) is 0 Å². The Morgan fingerprint density at radius 2 is 1.68 bits per heavy atom. The van der Waals surface area contributed by atoms with Gasteiger partial charge in [-0.3, -0.25) is 5.32 Å². The third-order valence-corrected chi connectivity index (χ3v) is 18.6. The standard InChI is InChI=1S/C68H77N3O9/c1-77-43-69-65-36-49-19-17-44(15-16-45-18-23-61(75)50(29-45)30-46-10-7-12-55(73)31-46)9-8-13-57-37-56(74)22-20-48-35-63(62(76)34-52(48)40-72)79-41-53-33-54(32-51-38-71(39-58(51)53)66(70-65)59(49)42-78-57)68-27-28-80-67(25-5-2-6-26-67)64(68)24-21-47-11-3-4-14-60(47)68/h3-4,7,10-12,14,18,23,29,31-36,38-39,44,56-57,64-65,69-70,72-76H,2,5-6,8-9,13,15-16,20-22,24-28,30,37,40-43H2,1H3. The van der Waals surface area contributed by atoms with E-state index in [0.717, 1.165) is 120 Å². The van der Waals surface area contributed by atoms with Gasteiger partial charge in [-0.1, -0.05) is 85.7 Å². The van der Waals surface area contributed by atoms with Crippen LogP contribution in [0.15, 0.2) is 121 Å². The van der Waals surface area contributed by atoms with Crippen molar-refractivity contribution in [3.8, 4) is 34.8 Å². The van der Waals surface area contributed by atoms with E-state index in [1.165, 1.54) is 36.0 Å². The van der Waals surface area contributed by atoms with E-state index in [0.29, 0.717) is 50.3 Å². The zero-order chi connectivity index (χ0) is 54.8. The van der Waals surface area contributed by atoms with E-state index in [1.54, 1.807) is 31.4 Å². The Hall–Kier alpha value is -6.56. The third-order valence-electron chi connectivity index (χ3n) is 18.6. The molecule has 4 aliphatic heterocycles. The Balaban J connectivity index is 0.983. The Labute approximate surface area is 470 Å². The molecule has 6 bridgehead atoms. The molecule has 1 aromatic heterocycles. The second-order valence-electron chi connectivity index (χ2n) is 23.6. The molecule has 6 aromatic rings. The molecule has 418 valence electrons. The molecule has 0 amide bonds. The number of nitrogens with zero attached hydrogens (tertiary/aromatic N) is 1. The lowest BCUT2D eigenvalue weighted by Crippen LogP contribution is -2.59. The maximum absolute atomic E-state index is 11.9. The first-order chi connectivity index (χ1) is 39.1. The number of aliphatic hydroxyl groups is 2. The normalized spacial score (nSPS) is 24.7. The number of aryl methyl sites for hydroxylation is 3. The van der Waals surface area contributed by atoms with Gasteiger partial charge < -0.3 is 54.4 Å². The summed E-state index contributed by atoms with van der Waals surface area (Å²) in [6.07, 6.45) is 19.7. The van der Waals surface area contributed by atoms with Gasteiger partial charge in [0.1, 0.15) is 30.1 Å². The number of fused-ring (bicyclic) bond motifs is 10. The Bertz CT molecular complexity index is 3360. The molecule has 2 fully saturated rings. The summed E-state index contributed by atoms with van der Waals surface area (Å²) in [5, 5.41) is 64.5. The summed E-state index contributed by atoms with van der Waals surface area (Å²) in [6, 6.07) is 30.4. The fourth-order valence-corrected chi connectivity index (χ4v) is 14.6. The average molecular weight is 1080 g/mol. The summed E-state index contributed by atoms with van der Waals surface area (Å²) in [5.41, 5.74) is 10.6. The van der Waals surface area contributed by atoms with E-state index in [2.05, 4.69) is 88.0 Å². The molecule has 2 aliphatic carbocycles. The molecule has 6 atom stereocenters. The highest BCUT2D eigenvalue weighted by molar-refractivity contribution is 5.89. The first-order valence-electron chi connectivity index (χ1n) is 29.4. The van der Waals surface area contributed by atoms with Crippen LogP contribution in [0.2, 0.25) is 0 Å². The van der Waals surface area contributed by atoms with E-state index >= 15 is 0 Å². The van der Waals surface area contributed by atoms with Crippen LogP contribution in [0.25, 0.3) is 16.6 Å². The minimum absolute atomic E-state index is 0.0347. The van der Waals surface area contributed by atoms with Crippen LogP contribution in [0.4, 0.5) is 0 Å². The molecule has 80 heavy (non-hydrogen) atoms.